The maximum atomic E-state index is 13.3. The van der Waals surface area contributed by atoms with Gasteiger partial charge in [-0.3, -0.25) is 19.5 Å². The predicted molar refractivity (Wildman–Crippen MR) is 113 cm³/mol. The highest BCUT2D eigenvalue weighted by atomic mass is 16.7. The summed E-state index contributed by atoms with van der Waals surface area (Å²) in [4.78, 5) is 34.2. The van der Waals surface area contributed by atoms with E-state index >= 15 is 0 Å². The number of ether oxygens (including phenoxy) is 2. The molecule has 2 heterocycles. The first-order valence-corrected chi connectivity index (χ1v) is 10.0. The van der Waals surface area contributed by atoms with Crippen LogP contribution in [0.1, 0.15) is 33.8 Å². The van der Waals surface area contributed by atoms with Crippen LogP contribution in [0.5, 0.6) is 11.5 Å². The summed E-state index contributed by atoms with van der Waals surface area (Å²) >= 11 is 0. The van der Waals surface area contributed by atoms with E-state index in [9.17, 15) is 9.59 Å². The van der Waals surface area contributed by atoms with E-state index in [0.717, 1.165) is 18.5 Å². The number of aliphatic imine (C=N–C) groups is 1. The highest BCUT2D eigenvalue weighted by Gasteiger charge is 2.37. The third-order valence-electron chi connectivity index (χ3n) is 5.23. The number of carbonyl (C=O) groups excluding carboxylic acids is 2. The van der Waals surface area contributed by atoms with Crippen LogP contribution < -0.4 is 9.47 Å². The molecule has 1 unspecified atom stereocenters. The molecule has 2 aromatic rings. The summed E-state index contributed by atoms with van der Waals surface area (Å²) < 4.78 is 10.8. The van der Waals surface area contributed by atoms with Gasteiger partial charge >= 0.3 is 0 Å². The van der Waals surface area contributed by atoms with Crippen molar-refractivity contribution >= 4 is 18.0 Å². The van der Waals surface area contributed by atoms with Gasteiger partial charge in [0.1, 0.15) is 0 Å². The van der Waals surface area contributed by atoms with Crippen molar-refractivity contribution in [2.75, 3.05) is 34.0 Å². The van der Waals surface area contributed by atoms with Gasteiger partial charge < -0.3 is 14.4 Å². The van der Waals surface area contributed by atoms with Crippen LogP contribution in [0.2, 0.25) is 0 Å². The van der Waals surface area contributed by atoms with Gasteiger partial charge in [-0.15, -0.1) is 0 Å². The number of nitrogens with zero attached hydrogens (tertiary/aromatic N) is 3. The molecule has 0 aliphatic carbocycles. The summed E-state index contributed by atoms with van der Waals surface area (Å²) in [7, 11) is 4.04. The van der Waals surface area contributed by atoms with E-state index in [4.69, 9.17) is 9.47 Å². The summed E-state index contributed by atoms with van der Waals surface area (Å²) in [5, 5.41) is 0. The Hall–Kier alpha value is -3.19. The summed E-state index contributed by atoms with van der Waals surface area (Å²) in [6.45, 7) is 1.93. The maximum absolute atomic E-state index is 13.3. The zero-order valence-electron chi connectivity index (χ0n) is 17.2. The predicted octanol–water partition coefficient (Wildman–Crippen LogP) is 2.70. The van der Waals surface area contributed by atoms with E-state index in [0.29, 0.717) is 29.2 Å². The van der Waals surface area contributed by atoms with E-state index in [1.807, 2.05) is 44.4 Å². The fourth-order valence-corrected chi connectivity index (χ4v) is 3.68. The monoisotopic (exact) mass is 407 g/mol. The molecule has 7 heteroatoms. The van der Waals surface area contributed by atoms with E-state index in [2.05, 4.69) is 9.89 Å². The standard InChI is InChI=1S/C23H25N3O4/c1-25(2)11-5-10-24-13-19-17-6-3-4-7-18(17)22(27)26(23(19)28)14-16-8-9-20-21(12-16)30-15-29-20/h3-4,6-9,12-13,19H,5,10-11,14-15H2,1-2H3. The second kappa shape index (κ2) is 8.67. The van der Waals surface area contributed by atoms with Crippen molar-refractivity contribution in [1.29, 1.82) is 0 Å². The number of amides is 2. The van der Waals surface area contributed by atoms with Gasteiger partial charge in [0.15, 0.2) is 11.5 Å². The summed E-state index contributed by atoms with van der Waals surface area (Å²) in [6.07, 6.45) is 2.60. The molecule has 0 saturated carbocycles. The lowest BCUT2D eigenvalue weighted by Gasteiger charge is -2.31. The molecule has 7 nitrogen and oxygen atoms in total. The minimum atomic E-state index is -0.563. The fraction of sp³-hybridized carbons (Fsp3) is 0.348. The molecule has 2 amide bonds. The Morgan fingerprint density at radius 2 is 1.93 bits per heavy atom. The molecule has 0 spiro atoms. The Balaban J connectivity index is 1.57. The van der Waals surface area contributed by atoms with Gasteiger partial charge in [0.25, 0.3) is 5.91 Å². The van der Waals surface area contributed by atoms with Crippen LogP contribution in [-0.2, 0) is 11.3 Å². The second-order valence-electron chi connectivity index (χ2n) is 7.69. The van der Waals surface area contributed by atoms with Crippen LogP contribution in [0, 0.1) is 0 Å². The molecule has 0 bridgehead atoms. The molecule has 30 heavy (non-hydrogen) atoms. The molecule has 2 aliphatic heterocycles. The van der Waals surface area contributed by atoms with E-state index < -0.39 is 5.92 Å². The zero-order chi connectivity index (χ0) is 21.1. The van der Waals surface area contributed by atoms with Gasteiger partial charge in [0, 0.05) is 18.3 Å². The van der Waals surface area contributed by atoms with Crippen molar-refractivity contribution < 1.29 is 19.1 Å². The minimum absolute atomic E-state index is 0.174. The number of benzene rings is 2. The highest BCUT2D eigenvalue weighted by Crippen LogP contribution is 2.34. The van der Waals surface area contributed by atoms with Gasteiger partial charge in [-0.05, 0) is 56.4 Å². The van der Waals surface area contributed by atoms with Gasteiger partial charge in [-0.25, -0.2) is 0 Å². The number of hydrogen-bond acceptors (Lipinski definition) is 6. The van der Waals surface area contributed by atoms with Crippen LogP contribution in [0.25, 0.3) is 0 Å². The number of imide groups is 1. The van der Waals surface area contributed by atoms with Crippen molar-refractivity contribution in [3.8, 4) is 11.5 Å². The molecule has 0 radical (unpaired) electrons. The van der Waals surface area contributed by atoms with Gasteiger partial charge in [0.2, 0.25) is 12.7 Å². The van der Waals surface area contributed by atoms with Gasteiger partial charge in [-0.2, -0.15) is 0 Å². The van der Waals surface area contributed by atoms with Gasteiger partial charge in [-0.1, -0.05) is 24.3 Å². The molecular weight excluding hydrogens is 382 g/mol. The topological polar surface area (TPSA) is 71.4 Å². The Labute approximate surface area is 175 Å². The van der Waals surface area contributed by atoms with Crippen LogP contribution in [0.3, 0.4) is 0 Å². The first kappa shape index (κ1) is 20.1. The summed E-state index contributed by atoms with van der Waals surface area (Å²) in [5.41, 5.74) is 2.07. The molecule has 2 aliphatic rings. The first-order valence-electron chi connectivity index (χ1n) is 10.0. The third-order valence-corrected chi connectivity index (χ3v) is 5.23. The largest absolute Gasteiger partial charge is 0.454 e. The Kier molecular flexibility index (Phi) is 5.81. The molecule has 4 rings (SSSR count). The number of hydrogen-bond donors (Lipinski definition) is 0. The van der Waals surface area contributed by atoms with Gasteiger partial charge in [0.05, 0.1) is 12.5 Å². The van der Waals surface area contributed by atoms with Crippen LogP contribution >= 0.6 is 0 Å². The lowest BCUT2D eigenvalue weighted by molar-refractivity contribution is -0.129. The normalized spacial score (nSPS) is 17.8. The number of fused-ring (bicyclic) bond motifs is 2. The molecule has 156 valence electrons. The Bertz CT molecular complexity index is 986. The van der Waals surface area contributed by atoms with Crippen molar-refractivity contribution in [2.24, 2.45) is 4.99 Å². The van der Waals surface area contributed by atoms with Crippen LogP contribution in [-0.4, -0.2) is 61.8 Å². The van der Waals surface area contributed by atoms with Crippen LogP contribution in [0.15, 0.2) is 47.5 Å². The zero-order valence-corrected chi connectivity index (χ0v) is 17.2. The molecule has 0 N–H and O–H groups in total. The van der Waals surface area contributed by atoms with Crippen molar-refractivity contribution in [3.63, 3.8) is 0 Å². The smallest absolute Gasteiger partial charge is 0.261 e. The van der Waals surface area contributed by atoms with Crippen molar-refractivity contribution in [2.45, 2.75) is 18.9 Å². The molecular formula is C23H25N3O4. The second-order valence-corrected chi connectivity index (χ2v) is 7.69. The van der Waals surface area contributed by atoms with Crippen molar-refractivity contribution in [3.05, 3.63) is 59.2 Å². The SMILES string of the molecule is CN(C)CCCN=CC1C(=O)N(Cc2ccc3c(c2)OCO3)C(=O)c2ccccc21. The lowest BCUT2D eigenvalue weighted by Crippen LogP contribution is -2.44. The minimum Gasteiger partial charge on any atom is -0.454 e. The summed E-state index contributed by atoms with van der Waals surface area (Å²) in [6, 6.07) is 12.7. The molecule has 1 atom stereocenters. The highest BCUT2D eigenvalue weighted by molar-refractivity contribution is 6.16. The lowest BCUT2D eigenvalue weighted by atomic mass is 9.89. The molecule has 0 saturated heterocycles. The average molecular weight is 407 g/mol. The molecule has 0 fully saturated rings. The molecule has 2 aromatic carbocycles. The van der Waals surface area contributed by atoms with Crippen LogP contribution in [0.4, 0.5) is 0 Å². The Morgan fingerprint density at radius 1 is 1.13 bits per heavy atom. The quantitative estimate of drug-likeness (QED) is 0.401. The van der Waals surface area contributed by atoms with Crippen molar-refractivity contribution in [1.82, 2.24) is 9.80 Å². The van der Waals surface area contributed by atoms with E-state index in [1.165, 1.54) is 4.90 Å². The van der Waals surface area contributed by atoms with E-state index in [-0.39, 0.29) is 25.2 Å². The fourth-order valence-electron chi connectivity index (χ4n) is 3.68. The number of rotatable bonds is 7. The third kappa shape index (κ3) is 4.07. The summed E-state index contributed by atoms with van der Waals surface area (Å²) in [5.74, 6) is 0.192. The molecule has 0 aromatic heterocycles. The Morgan fingerprint density at radius 3 is 2.77 bits per heavy atom. The number of carbonyl (C=O) groups is 2. The first-order chi connectivity index (χ1) is 14.5. The maximum Gasteiger partial charge on any atom is 0.261 e. The average Bonchev–Trinajstić information content (AvgIpc) is 3.21. The van der Waals surface area contributed by atoms with E-state index in [1.54, 1.807) is 18.3 Å².